The summed E-state index contributed by atoms with van der Waals surface area (Å²) in [5, 5.41) is 0.462. The fraction of sp³-hybridized carbons (Fsp3) is 0.556. The molecule has 1 nitrogen and oxygen atoms in total. The van der Waals surface area contributed by atoms with Gasteiger partial charge in [-0.1, -0.05) is 0 Å². The normalized spacial score (nSPS) is 16.0. The van der Waals surface area contributed by atoms with Crippen LogP contribution in [0.1, 0.15) is 21.9 Å². The van der Waals surface area contributed by atoms with Gasteiger partial charge in [0.15, 0.2) is 0 Å². The van der Waals surface area contributed by atoms with Gasteiger partial charge in [-0.15, -0.1) is 11.3 Å². The van der Waals surface area contributed by atoms with Gasteiger partial charge in [-0.2, -0.15) is 11.8 Å². The fourth-order valence-electron chi connectivity index (χ4n) is 1.20. The van der Waals surface area contributed by atoms with Crippen LogP contribution >= 0.6 is 23.1 Å². The first kappa shape index (κ1) is 10.1. The number of nitrogens with two attached hydrogens (primary N) is 1. The Morgan fingerprint density at radius 1 is 1.50 bits per heavy atom. The molecule has 2 N–H and O–H groups in total. The van der Waals surface area contributed by atoms with Gasteiger partial charge < -0.3 is 5.73 Å². The molecule has 1 heterocycles. The monoisotopic (exact) mass is 201 g/mol. The van der Waals surface area contributed by atoms with E-state index in [1.165, 1.54) is 9.75 Å². The smallest absolute Gasteiger partial charge is 0.0536 e. The zero-order valence-corrected chi connectivity index (χ0v) is 9.34. The number of hydrogen-bond donors (Lipinski definition) is 1. The van der Waals surface area contributed by atoms with Crippen molar-refractivity contribution in [3.63, 3.8) is 0 Å². The predicted octanol–water partition coefficient (Wildman–Crippen LogP) is 2.81. The summed E-state index contributed by atoms with van der Waals surface area (Å²) in [5.74, 6) is 0. The van der Waals surface area contributed by atoms with E-state index in [1.807, 2.05) is 23.1 Å². The van der Waals surface area contributed by atoms with Crippen molar-refractivity contribution in [1.29, 1.82) is 0 Å². The molecular formula is C9H15NS2. The molecule has 1 aromatic heterocycles. The number of rotatable bonds is 3. The summed E-state index contributed by atoms with van der Waals surface area (Å²) < 4.78 is 0. The minimum absolute atomic E-state index is 0.234. The third kappa shape index (κ3) is 2.25. The van der Waals surface area contributed by atoms with Crippen LogP contribution in [0.5, 0.6) is 0 Å². The molecule has 0 spiro atoms. The number of thioether (sulfide) groups is 1. The summed E-state index contributed by atoms with van der Waals surface area (Å²) in [6.07, 6.45) is 2.11. The minimum atomic E-state index is 0.234. The molecule has 0 amide bonds. The van der Waals surface area contributed by atoms with E-state index in [4.69, 9.17) is 5.73 Å². The van der Waals surface area contributed by atoms with E-state index in [0.717, 1.165) is 0 Å². The van der Waals surface area contributed by atoms with Crippen LogP contribution < -0.4 is 5.73 Å². The van der Waals surface area contributed by atoms with Crippen LogP contribution in [0.3, 0.4) is 0 Å². The Balaban J connectivity index is 2.80. The summed E-state index contributed by atoms with van der Waals surface area (Å²) in [5.41, 5.74) is 5.87. The van der Waals surface area contributed by atoms with Gasteiger partial charge in [0.25, 0.3) is 0 Å². The lowest BCUT2D eigenvalue weighted by atomic mass is 10.2. The van der Waals surface area contributed by atoms with Gasteiger partial charge in [0.05, 0.1) is 5.25 Å². The van der Waals surface area contributed by atoms with Crippen LogP contribution in [0, 0.1) is 6.92 Å². The van der Waals surface area contributed by atoms with Crippen molar-refractivity contribution in [2.45, 2.75) is 25.1 Å². The Labute approximate surface area is 82.4 Å². The molecule has 3 heteroatoms. The molecule has 1 aromatic rings. The van der Waals surface area contributed by atoms with Crippen molar-refractivity contribution in [2.24, 2.45) is 5.73 Å². The maximum Gasteiger partial charge on any atom is 0.0536 e. The number of aryl methyl sites for hydroxylation is 1. The van der Waals surface area contributed by atoms with Crippen molar-refractivity contribution >= 4 is 23.1 Å². The van der Waals surface area contributed by atoms with Crippen molar-refractivity contribution in [3.05, 3.63) is 21.9 Å². The van der Waals surface area contributed by atoms with E-state index >= 15 is 0 Å². The molecule has 0 bridgehead atoms. The molecule has 2 unspecified atom stereocenters. The van der Waals surface area contributed by atoms with Gasteiger partial charge >= 0.3 is 0 Å². The lowest BCUT2D eigenvalue weighted by Gasteiger charge is -2.16. The van der Waals surface area contributed by atoms with E-state index in [0.29, 0.717) is 5.25 Å². The first-order valence-corrected chi connectivity index (χ1v) is 6.10. The molecule has 0 fully saturated rings. The average Bonchev–Trinajstić information content (AvgIpc) is 2.37. The highest BCUT2D eigenvalue weighted by Crippen LogP contribution is 2.33. The molecular weight excluding hydrogens is 186 g/mol. The molecule has 68 valence electrons. The number of hydrogen-bond acceptors (Lipinski definition) is 3. The van der Waals surface area contributed by atoms with E-state index < -0.39 is 0 Å². The highest BCUT2D eigenvalue weighted by molar-refractivity contribution is 7.99. The van der Waals surface area contributed by atoms with Crippen molar-refractivity contribution < 1.29 is 0 Å². The predicted molar refractivity (Wildman–Crippen MR) is 59.0 cm³/mol. The van der Waals surface area contributed by atoms with Crippen LogP contribution in [0.15, 0.2) is 12.1 Å². The average molecular weight is 201 g/mol. The summed E-state index contributed by atoms with van der Waals surface area (Å²) in [6.45, 7) is 4.20. The number of thiophene rings is 1. The molecule has 12 heavy (non-hydrogen) atoms. The zero-order chi connectivity index (χ0) is 9.14. The second-order valence-electron chi connectivity index (χ2n) is 2.96. The standard InChI is InChI=1S/C9H15NS2/c1-6-4-5-8(12-6)9(11-3)7(2)10/h4-5,7,9H,10H2,1-3H3. The van der Waals surface area contributed by atoms with Crippen molar-refractivity contribution in [1.82, 2.24) is 0 Å². The highest BCUT2D eigenvalue weighted by Gasteiger charge is 2.15. The van der Waals surface area contributed by atoms with Crippen LogP contribution in [0.4, 0.5) is 0 Å². The third-order valence-electron chi connectivity index (χ3n) is 1.77. The molecule has 2 atom stereocenters. The molecule has 1 rings (SSSR count). The third-order valence-corrected chi connectivity index (χ3v) is 4.20. The first-order chi connectivity index (χ1) is 5.65. The van der Waals surface area contributed by atoms with Gasteiger partial charge in [-0.3, -0.25) is 0 Å². The molecule has 0 aliphatic heterocycles. The van der Waals surface area contributed by atoms with E-state index in [-0.39, 0.29) is 6.04 Å². The van der Waals surface area contributed by atoms with E-state index in [2.05, 4.69) is 32.2 Å². The Bertz CT molecular complexity index is 242. The van der Waals surface area contributed by atoms with Crippen LogP contribution in [-0.4, -0.2) is 12.3 Å². The van der Waals surface area contributed by atoms with Gasteiger partial charge in [-0.25, -0.2) is 0 Å². The largest absolute Gasteiger partial charge is 0.327 e. The Kier molecular flexibility index (Phi) is 3.62. The van der Waals surface area contributed by atoms with Gasteiger partial charge in [-0.05, 0) is 32.2 Å². The molecule has 0 radical (unpaired) electrons. The summed E-state index contributed by atoms with van der Waals surface area (Å²) in [7, 11) is 0. The molecule has 0 saturated heterocycles. The van der Waals surface area contributed by atoms with Gasteiger partial charge in [0.1, 0.15) is 0 Å². The van der Waals surface area contributed by atoms with Crippen LogP contribution in [-0.2, 0) is 0 Å². The van der Waals surface area contributed by atoms with E-state index in [9.17, 15) is 0 Å². The Morgan fingerprint density at radius 2 is 2.17 bits per heavy atom. The maximum absolute atomic E-state index is 5.87. The van der Waals surface area contributed by atoms with Crippen molar-refractivity contribution in [3.8, 4) is 0 Å². The van der Waals surface area contributed by atoms with Crippen LogP contribution in [0.25, 0.3) is 0 Å². The Morgan fingerprint density at radius 3 is 2.50 bits per heavy atom. The summed E-state index contributed by atoms with van der Waals surface area (Å²) >= 11 is 3.68. The SMILES string of the molecule is CSC(c1ccc(C)s1)C(C)N. The molecule has 0 saturated carbocycles. The first-order valence-electron chi connectivity index (χ1n) is 4.00. The highest BCUT2D eigenvalue weighted by atomic mass is 32.2. The lowest BCUT2D eigenvalue weighted by molar-refractivity contribution is 0.731. The fourth-order valence-corrected chi connectivity index (χ4v) is 3.34. The quantitative estimate of drug-likeness (QED) is 0.814. The summed E-state index contributed by atoms with van der Waals surface area (Å²) in [6, 6.07) is 4.58. The minimum Gasteiger partial charge on any atom is -0.327 e. The van der Waals surface area contributed by atoms with Gasteiger partial charge in [0, 0.05) is 15.8 Å². The summed E-state index contributed by atoms with van der Waals surface area (Å²) in [4.78, 5) is 2.76. The Hall–Kier alpha value is 0.01000. The van der Waals surface area contributed by atoms with Crippen molar-refractivity contribution in [2.75, 3.05) is 6.26 Å². The molecule has 0 aliphatic carbocycles. The topological polar surface area (TPSA) is 26.0 Å². The zero-order valence-electron chi connectivity index (χ0n) is 7.70. The van der Waals surface area contributed by atoms with E-state index in [1.54, 1.807) is 0 Å². The maximum atomic E-state index is 5.87. The molecule has 0 aliphatic rings. The lowest BCUT2D eigenvalue weighted by Crippen LogP contribution is -2.21. The second kappa shape index (κ2) is 4.30. The van der Waals surface area contributed by atoms with Crippen LogP contribution in [0.2, 0.25) is 0 Å². The second-order valence-corrected chi connectivity index (χ2v) is 5.26. The molecule has 0 aromatic carbocycles. The van der Waals surface area contributed by atoms with Gasteiger partial charge in [0.2, 0.25) is 0 Å².